The summed E-state index contributed by atoms with van der Waals surface area (Å²) >= 11 is 5.80. The Balaban J connectivity index is 1.93. The van der Waals surface area contributed by atoms with Gasteiger partial charge in [-0.2, -0.15) is 0 Å². The molecule has 1 atom stereocenters. The van der Waals surface area contributed by atoms with Crippen molar-refractivity contribution in [2.45, 2.75) is 25.3 Å². The van der Waals surface area contributed by atoms with Gasteiger partial charge in [-0.15, -0.1) is 0 Å². The Morgan fingerprint density at radius 3 is 2.90 bits per heavy atom. The summed E-state index contributed by atoms with van der Waals surface area (Å²) in [5.41, 5.74) is 0. The molecule has 1 fully saturated rings. The van der Waals surface area contributed by atoms with Gasteiger partial charge in [0.15, 0.2) is 6.61 Å². The highest BCUT2D eigenvalue weighted by Crippen LogP contribution is 2.25. The average molecular weight is 316 g/mol. The monoisotopic (exact) mass is 315 g/mol. The van der Waals surface area contributed by atoms with Crippen LogP contribution in [0.2, 0.25) is 5.02 Å². The van der Waals surface area contributed by atoms with Gasteiger partial charge in [0.25, 0.3) is 5.91 Å². The van der Waals surface area contributed by atoms with Crippen molar-refractivity contribution in [1.29, 1.82) is 0 Å². The molecule has 1 saturated heterocycles. The van der Waals surface area contributed by atoms with Crippen LogP contribution >= 0.6 is 11.6 Å². The van der Waals surface area contributed by atoms with Gasteiger partial charge < -0.3 is 14.7 Å². The summed E-state index contributed by atoms with van der Waals surface area (Å²) < 4.78 is 18.2. The average Bonchev–Trinajstić information content (AvgIpc) is 2.84. The van der Waals surface area contributed by atoms with E-state index < -0.39 is 11.8 Å². The minimum absolute atomic E-state index is 0.0664. The van der Waals surface area contributed by atoms with E-state index in [0.717, 1.165) is 12.5 Å². The van der Waals surface area contributed by atoms with Crippen LogP contribution in [0.3, 0.4) is 0 Å². The van der Waals surface area contributed by atoms with E-state index in [-0.39, 0.29) is 35.7 Å². The third kappa shape index (κ3) is 4.07. The molecule has 0 saturated carbocycles. The molecule has 1 aliphatic rings. The molecule has 0 spiro atoms. The van der Waals surface area contributed by atoms with Crippen LogP contribution in [0.25, 0.3) is 0 Å². The Kier molecular flexibility index (Phi) is 5.01. The van der Waals surface area contributed by atoms with Crippen LogP contribution in [-0.2, 0) is 9.59 Å². The second-order valence-corrected chi connectivity index (χ2v) is 5.25. The van der Waals surface area contributed by atoms with Crippen molar-refractivity contribution in [3.05, 3.63) is 29.0 Å². The minimum Gasteiger partial charge on any atom is -0.482 e. The van der Waals surface area contributed by atoms with Crippen LogP contribution < -0.4 is 4.74 Å². The predicted molar refractivity (Wildman–Crippen MR) is 73.9 cm³/mol. The molecule has 2 rings (SSSR count). The lowest BCUT2D eigenvalue weighted by molar-refractivity contribution is -0.140. The molecule has 0 radical (unpaired) electrons. The SMILES string of the molecule is O=C(O)CC1CCCN1C(=O)COc1ccc(F)cc1Cl. The maximum atomic E-state index is 12.9. The van der Waals surface area contributed by atoms with Crippen LogP contribution in [0.15, 0.2) is 18.2 Å². The molecule has 0 aromatic heterocycles. The third-order valence-corrected chi connectivity index (χ3v) is 3.65. The van der Waals surface area contributed by atoms with Crippen molar-refractivity contribution in [2.75, 3.05) is 13.2 Å². The van der Waals surface area contributed by atoms with E-state index in [0.29, 0.717) is 13.0 Å². The fourth-order valence-corrected chi connectivity index (χ4v) is 2.61. The number of aliphatic carboxylic acids is 1. The molecule has 7 heteroatoms. The number of ether oxygens (including phenoxy) is 1. The first-order valence-electron chi connectivity index (χ1n) is 6.56. The lowest BCUT2D eigenvalue weighted by atomic mass is 10.1. The molecule has 1 unspecified atom stereocenters. The number of carboxylic acids is 1. The Labute approximate surface area is 126 Å². The first-order chi connectivity index (χ1) is 9.97. The van der Waals surface area contributed by atoms with Crippen molar-refractivity contribution >= 4 is 23.5 Å². The van der Waals surface area contributed by atoms with Crippen LogP contribution in [0.5, 0.6) is 5.75 Å². The number of nitrogens with zero attached hydrogens (tertiary/aromatic N) is 1. The Bertz CT molecular complexity index is 552. The molecule has 21 heavy (non-hydrogen) atoms. The third-order valence-electron chi connectivity index (χ3n) is 3.35. The zero-order valence-electron chi connectivity index (χ0n) is 11.2. The maximum absolute atomic E-state index is 12.9. The number of carbonyl (C=O) groups is 2. The molecular weight excluding hydrogens is 301 g/mol. The normalized spacial score (nSPS) is 17.8. The maximum Gasteiger partial charge on any atom is 0.305 e. The fraction of sp³-hybridized carbons (Fsp3) is 0.429. The van der Waals surface area contributed by atoms with Gasteiger partial charge in [-0.1, -0.05) is 11.6 Å². The second kappa shape index (κ2) is 6.76. The van der Waals surface area contributed by atoms with Crippen LogP contribution in [0.1, 0.15) is 19.3 Å². The smallest absolute Gasteiger partial charge is 0.305 e. The Morgan fingerprint density at radius 1 is 1.48 bits per heavy atom. The highest BCUT2D eigenvalue weighted by molar-refractivity contribution is 6.32. The van der Waals surface area contributed by atoms with E-state index in [2.05, 4.69) is 0 Å². The molecule has 1 aromatic carbocycles. The number of hydrogen-bond acceptors (Lipinski definition) is 3. The summed E-state index contributed by atoms with van der Waals surface area (Å²) in [5.74, 6) is -1.48. The van der Waals surface area contributed by atoms with Gasteiger partial charge in [0.05, 0.1) is 11.4 Å². The van der Waals surface area contributed by atoms with Crippen molar-refractivity contribution in [3.8, 4) is 5.75 Å². The zero-order valence-corrected chi connectivity index (χ0v) is 12.0. The molecular formula is C14H15ClFNO4. The molecule has 1 N–H and O–H groups in total. The Morgan fingerprint density at radius 2 is 2.24 bits per heavy atom. The standard InChI is InChI=1S/C14H15ClFNO4/c15-11-6-9(16)3-4-12(11)21-8-13(18)17-5-1-2-10(17)7-14(19)20/h3-4,6,10H,1-2,5,7-8H2,(H,19,20). The van der Waals surface area contributed by atoms with E-state index in [1.807, 2.05) is 0 Å². The number of carbonyl (C=O) groups excluding carboxylic acids is 1. The van der Waals surface area contributed by atoms with Gasteiger partial charge in [0, 0.05) is 12.6 Å². The van der Waals surface area contributed by atoms with E-state index in [1.54, 1.807) is 0 Å². The topological polar surface area (TPSA) is 66.8 Å². The quantitative estimate of drug-likeness (QED) is 0.905. The van der Waals surface area contributed by atoms with Gasteiger partial charge in [0.2, 0.25) is 0 Å². The lowest BCUT2D eigenvalue weighted by Gasteiger charge is -2.23. The summed E-state index contributed by atoms with van der Waals surface area (Å²) in [7, 11) is 0. The van der Waals surface area contributed by atoms with E-state index in [4.69, 9.17) is 21.4 Å². The van der Waals surface area contributed by atoms with Gasteiger partial charge in [-0.3, -0.25) is 9.59 Å². The highest BCUT2D eigenvalue weighted by Gasteiger charge is 2.30. The summed E-state index contributed by atoms with van der Waals surface area (Å²) in [5, 5.41) is 8.91. The molecule has 1 amide bonds. The molecule has 0 bridgehead atoms. The van der Waals surface area contributed by atoms with Crippen LogP contribution in [-0.4, -0.2) is 41.1 Å². The first kappa shape index (κ1) is 15.6. The number of carboxylic acid groups (broad SMARTS) is 1. The summed E-state index contributed by atoms with van der Waals surface area (Å²) in [6.07, 6.45) is 1.39. The minimum atomic E-state index is -0.929. The van der Waals surface area contributed by atoms with E-state index in [9.17, 15) is 14.0 Å². The summed E-state index contributed by atoms with van der Waals surface area (Å²) in [4.78, 5) is 24.4. The summed E-state index contributed by atoms with van der Waals surface area (Å²) in [6, 6.07) is 3.35. The van der Waals surface area contributed by atoms with Crippen molar-refractivity contribution in [1.82, 2.24) is 4.90 Å². The Hall–Kier alpha value is -1.82. The number of hydrogen-bond donors (Lipinski definition) is 1. The van der Waals surface area contributed by atoms with Gasteiger partial charge >= 0.3 is 5.97 Å². The molecule has 0 aliphatic carbocycles. The highest BCUT2D eigenvalue weighted by atomic mass is 35.5. The van der Waals surface area contributed by atoms with Crippen LogP contribution in [0, 0.1) is 5.82 Å². The molecule has 114 valence electrons. The van der Waals surface area contributed by atoms with Crippen LogP contribution in [0.4, 0.5) is 4.39 Å². The number of likely N-dealkylation sites (tertiary alicyclic amines) is 1. The van der Waals surface area contributed by atoms with Gasteiger partial charge in [-0.25, -0.2) is 4.39 Å². The molecule has 1 aliphatic heterocycles. The zero-order chi connectivity index (χ0) is 15.4. The molecule has 1 aromatic rings. The number of rotatable bonds is 5. The second-order valence-electron chi connectivity index (χ2n) is 4.84. The van der Waals surface area contributed by atoms with Crippen molar-refractivity contribution in [2.24, 2.45) is 0 Å². The predicted octanol–water partition coefficient (Wildman–Crippen LogP) is 2.32. The number of amides is 1. The van der Waals surface area contributed by atoms with Gasteiger partial charge in [-0.05, 0) is 31.0 Å². The van der Waals surface area contributed by atoms with Crippen molar-refractivity contribution < 1.29 is 23.8 Å². The first-order valence-corrected chi connectivity index (χ1v) is 6.94. The van der Waals surface area contributed by atoms with Crippen molar-refractivity contribution in [3.63, 3.8) is 0 Å². The molecule has 5 nitrogen and oxygen atoms in total. The lowest BCUT2D eigenvalue weighted by Crippen LogP contribution is -2.39. The van der Waals surface area contributed by atoms with E-state index in [1.165, 1.54) is 17.0 Å². The largest absolute Gasteiger partial charge is 0.482 e. The fourth-order valence-electron chi connectivity index (χ4n) is 2.39. The van der Waals surface area contributed by atoms with E-state index >= 15 is 0 Å². The number of benzene rings is 1. The number of halogens is 2. The summed E-state index contributed by atoms with van der Waals surface area (Å²) in [6.45, 7) is 0.277. The molecule has 1 heterocycles. The van der Waals surface area contributed by atoms with Gasteiger partial charge in [0.1, 0.15) is 11.6 Å².